The molecule has 1 aromatic carbocycles. The van der Waals surface area contributed by atoms with Crippen LogP contribution in [0.15, 0.2) is 28.6 Å². The van der Waals surface area contributed by atoms with Gasteiger partial charge < -0.3 is 5.11 Å². The van der Waals surface area contributed by atoms with E-state index in [1.807, 2.05) is 0 Å². The second-order valence-electron chi connectivity index (χ2n) is 2.10. The van der Waals surface area contributed by atoms with Crippen LogP contribution in [0.2, 0.25) is 0 Å². The summed E-state index contributed by atoms with van der Waals surface area (Å²) in [7, 11) is -2.46. The highest BCUT2D eigenvalue weighted by Crippen LogP contribution is 2.17. The molecule has 0 saturated heterocycles. The minimum atomic E-state index is -2.46. The van der Waals surface area contributed by atoms with Gasteiger partial charge in [0, 0.05) is 5.56 Å². The van der Waals surface area contributed by atoms with Gasteiger partial charge in [-0.25, -0.2) is 0 Å². The van der Waals surface area contributed by atoms with E-state index >= 15 is 0 Å². The fraction of sp³-hybridized carbons (Fsp3) is 0.143. The fourth-order valence-corrected chi connectivity index (χ4v) is 1.15. The highest BCUT2D eigenvalue weighted by Gasteiger charge is 1.97. The first-order valence-electron chi connectivity index (χ1n) is 3.24. The van der Waals surface area contributed by atoms with Gasteiger partial charge in [-0.05, 0) is 6.07 Å². The van der Waals surface area contributed by atoms with E-state index in [9.17, 15) is 8.42 Å². The monoisotopic (exact) mass is 185 g/mol. The van der Waals surface area contributed by atoms with E-state index in [0.717, 1.165) is 0 Å². The molecule has 5 heteroatoms. The minimum absolute atomic E-state index is 0.211. The molecule has 0 unspecified atom stereocenters. The number of rotatable bonds is 2. The van der Waals surface area contributed by atoms with Gasteiger partial charge in [0.1, 0.15) is 0 Å². The molecule has 1 aromatic rings. The molecule has 0 saturated carbocycles. The number of hydrogen-bond acceptors (Lipinski definition) is 4. The van der Waals surface area contributed by atoms with Gasteiger partial charge >= 0.3 is 10.5 Å². The first-order valence-corrected chi connectivity index (χ1v) is 4.27. The van der Waals surface area contributed by atoms with Gasteiger partial charge in [-0.2, -0.15) is 8.42 Å². The van der Waals surface area contributed by atoms with Gasteiger partial charge in [0.05, 0.1) is 12.3 Å². The normalized spacial score (nSPS) is 9.42. The zero-order chi connectivity index (χ0) is 8.97. The second kappa shape index (κ2) is 3.99. The second-order valence-corrected chi connectivity index (χ2v) is 2.71. The van der Waals surface area contributed by atoms with Crippen molar-refractivity contribution in [1.29, 1.82) is 0 Å². The lowest BCUT2D eigenvalue weighted by molar-refractivity contribution is 0.282. The van der Waals surface area contributed by atoms with Crippen molar-refractivity contribution in [3.63, 3.8) is 0 Å². The third kappa shape index (κ3) is 2.14. The van der Waals surface area contributed by atoms with Crippen LogP contribution in [0.1, 0.15) is 5.56 Å². The molecule has 0 fully saturated rings. The molecule has 0 aliphatic carbocycles. The van der Waals surface area contributed by atoms with Crippen LogP contribution in [0.5, 0.6) is 0 Å². The quantitative estimate of drug-likeness (QED) is 0.743. The van der Waals surface area contributed by atoms with Gasteiger partial charge in [-0.15, -0.1) is 4.36 Å². The van der Waals surface area contributed by atoms with E-state index < -0.39 is 10.5 Å². The molecule has 12 heavy (non-hydrogen) atoms. The van der Waals surface area contributed by atoms with E-state index in [4.69, 9.17) is 5.11 Å². The maximum atomic E-state index is 10.2. The summed E-state index contributed by atoms with van der Waals surface area (Å²) in [5.41, 5.74) is 0.787. The van der Waals surface area contributed by atoms with E-state index in [1.165, 1.54) is 6.07 Å². The third-order valence-electron chi connectivity index (χ3n) is 1.33. The molecular weight excluding hydrogens is 178 g/mol. The molecule has 0 amide bonds. The van der Waals surface area contributed by atoms with Crippen molar-refractivity contribution in [2.75, 3.05) is 0 Å². The first-order chi connectivity index (χ1) is 5.74. The molecule has 0 aliphatic heterocycles. The average Bonchev–Trinajstić information content (AvgIpc) is 2.04. The standard InChI is InChI=1S/C7H7NO3S/c9-5-6-3-1-2-4-7(6)8-12(10)11/h1-4,9H,5H2. The Kier molecular flexibility index (Phi) is 2.95. The van der Waals surface area contributed by atoms with E-state index in [1.54, 1.807) is 18.2 Å². The summed E-state index contributed by atoms with van der Waals surface area (Å²) in [6.45, 7) is -0.211. The number of benzene rings is 1. The van der Waals surface area contributed by atoms with Crippen LogP contribution in [-0.2, 0) is 17.1 Å². The Labute approximate surface area is 71.2 Å². The Morgan fingerprint density at radius 3 is 2.58 bits per heavy atom. The topological polar surface area (TPSA) is 66.7 Å². The predicted octanol–water partition coefficient (Wildman–Crippen LogP) is 0.873. The number of aliphatic hydroxyl groups is 1. The molecule has 1 rings (SSSR count). The summed E-state index contributed by atoms with van der Waals surface area (Å²) in [4.78, 5) is 0. The molecule has 0 heterocycles. The summed E-state index contributed by atoms with van der Waals surface area (Å²) in [5.74, 6) is 0. The lowest BCUT2D eigenvalue weighted by Gasteiger charge is -1.96. The van der Waals surface area contributed by atoms with Crippen LogP contribution in [0.25, 0.3) is 0 Å². The number of hydrogen-bond donors (Lipinski definition) is 1. The molecule has 0 aliphatic rings. The highest BCUT2D eigenvalue weighted by atomic mass is 32.2. The summed E-state index contributed by atoms with van der Waals surface area (Å²) in [6, 6.07) is 6.51. The molecular formula is C7H7NO3S. The number of aliphatic hydroxyl groups excluding tert-OH is 1. The zero-order valence-corrected chi connectivity index (χ0v) is 6.95. The third-order valence-corrected chi connectivity index (χ3v) is 1.68. The van der Waals surface area contributed by atoms with Crippen molar-refractivity contribution in [3.05, 3.63) is 29.8 Å². The minimum Gasteiger partial charge on any atom is -0.392 e. The zero-order valence-electron chi connectivity index (χ0n) is 6.14. The van der Waals surface area contributed by atoms with Gasteiger partial charge in [-0.3, -0.25) is 0 Å². The Morgan fingerprint density at radius 1 is 1.33 bits per heavy atom. The molecule has 64 valence electrons. The van der Waals surface area contributed by atoms with Gasteiger partial charge in [0.15, 0.2) is 0 Å². The van der Waals surface area contributed by atoms with Crippen molar-refractivity contribution < 1.29 is 13.5 Å². The molecule has 4 nitrogen and oxygen atoms in total. The lowest BCUT2D eigenvalue weighted by atomic mass is 10.2. The molecule has 0 atom stereocenters. The van der Waals surface area contributed by atoms with Gasteiger partial charge in [0.2, 0.25) is 0 Å². The molecule has 0 bridgehead atoms. The molecule has 1 N–H and O–H groups in total. The lowest BCUT2D eigenvalue weighted by Crippen LogP contribution is -1.81. The highest BCUT2D eigenvalue weighted by molar-refractivity contribution is 7.61. The van der Waals surface area contributed by atoms with Crippen molar-refractivity contribution in [3.8, 4) is 0 Å². The van der Waals surface area contributed by atoms with Crippen LogP contribution in [0.4, 0.5) is 5.69 Å². The van der Waals surface area contributed by atoms with E-state index in [0.29, 0.717) is 5.56 Å². The summed E-state index contributed by atoms with van der Waals surface area (Å²) in [6.07, 6.45) is 0. The Morgan fingerprint density at radius 2 is 2.00 bits per heavy atom. The van der Waals surface area contributed by atoms with Gasteiger partial charge in [0.25, 0.3) is 0 Å². The van der Waals surface area contributed by atoms with E-state index in [-0.39, 0.29) is 12.3 Å². The number of nitrogens with zero attached hydrogens (tertiary/aromatic N) is 1. The largest absolute Gasteiger partial charge is 0.392 e. The predicted molar refractivity (Wildman–Crippen MR) is 43.4 cm³/mol. The van der Waals surface area contributed by atoms with Crippen LogP contribution in [-0.4, -0.2) is 13.5 Å². The SMILES string of the molecule is O=S(=O)=Nc1ccccc1CO. The van der Waals surface area contributed by atoms with Gasteiger partial charge in [-0.1, -0.05) is 18.2 Å². The van der Waals surface area contributed by atoms with E-state index in [2.05, 4.69) is 4.36 Å². The Hall–Kier alpha value is -1.20. The fourth-order valence-electron chi connectivity index (χ4n) is 0.814. The van der Waals surface area contributed by atoms with Crippen molar-refractivity contribution >= 4 is 16.2 Å². The molecule has 0 radical (unpaired) electrons. The summed E-state index contributed by atoms with van der Waals surface area (Å²) in [5, 5.41) is 8.77. The first kappa shape index (κ1) is 8.89. The average molecular weight is 185 g/mol. The summed E-state index contributed by atoms with van der Waals surface area (Å²) >= 11 is 0. The van der Waals surface area contributed by atoms with Crippen molar-refractivity contribution in [2.45, 2.75) is 6.61 Å². The van der Waals surface area contributed by atoms with Crippen molar-refractivity contribution in [1.82, 2.24) is 0 Å². The van der Waals surface area contributed by atoms with Crippen molar-refractivity contribution in [2.24, 2.45) is 4.36 Å². The molecule has 0 aromatic heterocycles. The van der Waals surface area contributed by atoms with Crippen LogP contribution < -0.4 is 0 Å². The van der Waals surface area contributed by atoms with Crippen LogP contribution >= 0.6 is 0 Å². The van der Waals surface area contributed by atoms with Crippen LogP contribution in [0.3, 0.4) is 0 Å². The van der Waals surface area contributed by atoms with Crippen LogP contribution in [0, 0.1) is 0 Å². The Bertz CT molecular complexity index is 389. The smallest absolute Gasteiger partial charge is 0.316 e. The maximum Gasteiger partial charge on any atom is 0.316 e. The maximum absolute atomic E-state index is 10.2. The molecule has 0 spiro atoms. The Balaban J connectivity index is 3.23. The summed E-state index contributed by atoms with van der Waals surface area (Å²) < 4.78 is 23.7.